The number of ether oxygens (including phenoxy) is 1. The molecule has 2 aliphatic rings. The number of anilines is 4. The van der Waals surface area contributed by atoms with E-state index in [9.17, 15) is 9.90 Å². The highest BCUT2D eigenvalue weighted by Gasteiger charge is 2.31. The number of nitrogens with zero attached hydrogens (tertiary/aromatic N) is 2. The van der Waals surface area contributed by atoms with Crippen LogP contribution in [0.3, 0.4) is 0 Å². The van der Waals surface area contributed by atoms with Crippen LogP contribution in [-0.2, 0) is 0 Å². The van der Waals surface area contributed by atoms with Crippen molar-refractivity contribution in [1.82, 2.24) is 0 Å². The molecular weight excluding hydrogens is 737 g/mol. The minimum atomic E-state index is -0.924. The summed E-state index contributed by atoms with van der Waals surface area (Å²) in [6, 6.07) is 68.7. The molecule has 0 radical (unpaired) electrons. The van der Waals surface area contributed by atoms with Crippen molar-refractivity contribution in [2.45, 2.75) is 18.8 Å². The Labute approximate surface area is 351 Å². The Hall–Kier alpha value is -7.37. The number of carboxylic acids is 1. The second kappa shape index (κ2) is 15.8. The minimum absolute atomic E-state index is 0.181. The molecule has 5 heteroatoms. The van der Waals surface area contributed by atoms with Crippen LogP contribution in [0.4, 0.5) is 22.7 Å². The first-order valence-electron chi connectivity index (χ1n) is 20.7. The summed E-state index contributed by atoms with van der Waals surface area (Å²) in [5, 5.41) is 9.31. The number of benzene rings is 8. The van der Waals surface area contributed by atoms with Gasteiger partial charge in [0.15, 0.2) is 0 Å². The normalized spacial score (nSPS) is 12.6. The standard InChI is InChI=1S/C55H44N2O3/c1-2-56(40-25-23-39(24-26-40)55(58)59)35-36-60-44-33-31-43(32-34-44)57(41-27-19-37(20-28-41)53-49-15-7-3-11-45(49)46-12-4-8-16-50(46)53)42-29-21-38(22-30-42)54-51-17-9-5-13-47(51)48-14-6-10-18-52(48)54/h3-34,53-54H,2,35-36H2,1H3,(H,58,59). The molecule has 0 spiro atoms. The first-order chi connectivity index (χ1) is 29.6. The molecule has 0 aromatic heterocycles. The van der Waals surface area contributed by atoms with Gasteiger partial charge in [-0.1, -0.05) is 121 Å². The lowest BCUT2D eigenvalue weighted by Gasteiger charge is -2.27. The molecule has 0 saturated carbocycles. The molecule has 1 N–H and O–H groups in total. The first kappa shape index (κ1) is 36.9. The van der Waals surface area contributed by atoms with Gasteiger partial charge in [0, 0.05) is 41.1 Å². The first-order valence-corrected chi connectivity index (χ1v) is 20.7. The number of aromatic carboxylic acids is 1. The van der Waals surface area contributed by atoms with Gasteiger partial charge in [0.05, 0.1) is 12.1 Å². The van der Waals surface area contributed by atoms with Crippen LogP contribution in [0.1, 0.15) is 62.5 Å². The van der Waals surface area contributed by atoms with E-state index in [0.717, 1.165) is 35.0 Å². The van der Waals surface area contributed by atoms with Gasteiger partial charge in [-0.2, -0.15) is 0 Å². The smallest absolute Gasteiger partial charge is 0.335 e. The lowest BCUT2D eigenvalue weighted by Crippen LogP contribution is -2.28. The van der Waals surface area contributed by atoms with Gasteiger partial charge in [0.1, 0.15) is 12.4 Å². The Balaban J connectivity index is 0.950. The maximum absolute atomic E-state index is 11.3. The van der Waals surface area contributed by atoms with Gasteiger partial charge in [-0.15, -0.1) is 0 Å². The predicted molar refractivity (Wildman–Crippen MR) is 244 cm³/mol. The van der Waals surface area contributed by atoms with Gasteiger partial charge in [0.2, 0.25) is 0 Å². The summed E-state index contributed by atoms with van der Waals surface area (Å²) < 4.78 is 6.27. The summed E-state index contributed by atoms with van der Waals surface area (Å²) in [4.78, 5) is 15.9. The number of fused-ring (bicyclic) bond motifs is 6. The van der Waals surface area contributed by atoms with Gasteiger partial charge >= 0.3 is 5.97 Å². The molecule has 5 nitrogen and oxygen atoms in total. The van der Waals surface area contributed by atoms with Gasteiger partial charge in [0.25, 0.3) is 0 Å². The number of likely N-dealkylation sites (N-methyl/N-ethyl adjacent to an activating group) is 1. The van der Waals surface area contributed by atoms with Crippen LogP contribution in [-0.4, -0.2) is 30.8 Å². The van der Waals surface area contributed by atoms with Crippen molar-refractivity contribution < 1.29 is 14.6 Å². The van der Waals surface area contributed by atoms with E-state index in [2.05, 4.69) is 174 Å². The fourth-order valence-electron chi connectivity index (χ4n) is 9.36. The van der Waals surface area contributed by atoms with Crippen LogP contribution in [0.25, 0.3) is 22.3 Å². The summed E-state index contributed by atoms with van der Waals surface area (Å²) >= 11 is 0. The zero-order valence-corrected chi connectivity index (χ0v) is 33.4. The molecule has 8 aromatic carbocycles. The molecule has 0 bridgehead atoms. The molecule has 0 heterocycles. The summed E-state index contributed by atoms with van der Waals surface area (Å²) in [6.07, 6.45) is 0. The number of hydrogen-bond donors (Lipinski definition) is 1. The molecule has 60 heavy (non-hydrogen) atoms. The molecular formula is C55H44N2O3. The predicted octanol–water partition coefficient (Wildman–Crippen LogP) is 13.1. The minimum Gasteiger partial charge on any atom is -0.492 e. The largest absolute Gasteiger partial charge is 0.492 e. The maximum Gasteiger partial charge on any atom is 0.335 e. The van der Waals surface area contributed by atoms with Crippen molar-refractivity contribution in [2.75, 3.05) is 29.5 Å². The molecule has 0 amide bonds. The van der Waals surface area contributed by atoms with E-state index in [1.54, 1.807) is 12.1 Å². The number of rotatable bonds is 12. The van der Waals surface area contributed by atoms with E-state index in [1.165, 1.54) is 55.6 Å². The molecule has 292 valence electrons. The van der Waals surface area contributed by atoms with Crippen molar-refractivity contribution in [3.05, 3.63) is 233 Å². The SMILES string of the molecule is CCN(CCOc1ccc(N(c2ccc(C3c4ccccc4-c4ccccc43)cc2)c2ccc(C3c4ccccc4-c4ccccc43)cc2)cc1)c1ccc(C(=O)O)cc1. The van der Waals surface area contributed by atoms with Crippen LogP contribution < -0.4 is 14.5 Å². The van der Waals surface area contributed by atoms with E-state index >= 15 is 0 Å². The second-order valence-electron chi connectivity index (χ2n) is 15.5. The Morgan fingerprint density at radius 2 is 0.850 bits per heavy atom. The third-order valence-electron chi connectivity index (χ3n) is 12.2. The van der Waals surface area contributed by atoms with Gasteiger partial charge in [-0.3, -0.25) is 0 Å². The number of carbonyl (C=O) groups is 1. The third-order valence-corrected chi connectivity index (χ3v) is 12.2. The molecule has 8 aromatic rings. The van der Waals surface area contributed by atoms with E-state index < -0.39 is 5.97 Å². The van der Waals surface area contributed by atoms with E-state index in [4.69, 9.17) is 4.74 Å². The molecule has 0 unspecified atom stereocenters. The average molecular weight is 781 g/mol. The Bertz CT molecular complexity index is 2580. The highest BCUT2D eigenvalue weighted by molar-refractivity contribution is 5.88. The monoisotopic (exact) mass is 780 g/mol. The Morgan fingerprint density at radius 1 is 0.483 bits per heavy atom. The fraction of sp³-hybridized carbons (Fsp3) is 0.109. The Kier molecular flexibility index (Phi) is 9.70. The fourth-order valence-corrected chi connectivity index (χ4v) is 9.36. The zero-order valence-electron chi connectivity index (χ0n) is 33.4. The second-order valence-corrected chi connectivity index (χ2v) is 15.5. The van der Waals surface area contributed by atoms with Crippen molar-refractivity contribution in [1.29, 1.82) is 0 Å². The van der Waals surface area contributed by atoms with Gasteiger partial charge in [-0.05, 0) is 135 Å². The van der Waals surface area contributed by atoms with Crippen LogP contribution in [0.5, 0.6) is 5.75 Å². The lowest BCUT2D eigenvalue weighted by molar-refractivity contribution is 0.0697. The molecule has 0 saturated heterocycles. The quantitative estimate of drug-likeness (QED) is 0.134. The van der Waals surface area contributed by atoms with Crippen LogP contribution in [0.15, 0.2) is 194 Å². The highest BCUT2D eigenvalue weighted by Crippen LogP contribution is 2.50. The van der Waals surface area contributed by atoms with Gasteiger partial charge in [-0.25, -0.2) is 4.79 Å². The van der Waals surface area contributed by atoms with E-state index in [-0.39, 0.29) is 17.4 Å². The number of hydrogen-bond acceptors (Lipinski definition) is 4. The lowest BCUT2D eigenvalue weighted by atomic mass is 9.89. The molecule has 2 aliphatic carbocycles. The summed E-state index contributed by atoms with van der Waals surface area (Å²) in [7, 11) is 0. The molecule has 10 rings (SSSR count). The number of carboxylic acid groups (broad SMARTS) is 1. The van der Waals surface area contributed by atoms with Crippen molar-refractivity contribution in [3.8, 4) is 28.0 Å². The third kappa shape index (κ3) is 6.68. The van der Waals surface area contributed by atoms with Crippen molar-refractivity contribution in [3.63, 3.8) is 0 Å². The summed E-state index contributed by atoms with van der Waals surface area (Å²) in [5.41, 5.74) is 17.6. The van der Waals surface area contributed by atoms with Crippen LogP contribution in [0.2, 0.25) is 0 Å². The molecule has 0 fully saturated rings. The summed E-state index contributed by atoms with van der Waals surface area (Å²) in [6.45, 7) is 4.02. The maximum atomic E-state index is 11.3. The summed E-state index contributed by atoms with van der Waals surface area (Å²) in [5.74, 6) is 0.228. The van der Waals surface area contributed by atoms with E-state index in [0.29, 0.717) is 13.2 Å². The van der Waals surface area contributed by atoms with Crippen molar-refractivity contribution in [2.24, 2.45) is 0 Å². The average Bonchev–Trinajstić information content (AvgIpc) is 3.82. The van der Waals surface area contributed by atoms with Crippen molar-refractivity contribution >= 4 is 28.7 Å². The Morgan fingerprint density at radius 3 is 1.23 bits per heavy atom. The van der Waals surface area contributed by atoms with E-state index in [1.807, 2.05) is 24.3 Å². The van der Waals surface area contributed by atoms with Gasteiger partial charge < -0.3 is 19.6 Å². The molecule has 0 atom stereocenters. The zero-order chi connectivity index (χ0) is 40.6. The van der Waals surface area contributed by atoms with Crippen LogP contribution in [0, 0.1) is 0 Å². The highest BCUT2D eigenvalue weighted by atomic mass is 16.5. The van der Waals surface area contributed by atoms with Crippen LogP contribution >= 0.6 is 0 Å². The molecule has 0 aliphatic heterocycles. The topological polar surface area (TPSA) is 53.0 Å².